The molecule has 0 spiro atoms. The molecule has 106 valence electrons. The third-order valence-corrected chi connectivity index (χ3v) is 5.04. The Morgan fingerprint density at radius 3 is 1.47 bits per heavy atom. The molecule has 0 saturated heterocycles. The Labute approximate surface area is 133 Å². The average molecular weight is 420 g/mol. The van der Waals surface area contributed by atoms with Gasteiger partial charge in [0.05, 0.1) is 20.1 Å². The molecule has 0 radical (unpaired) electrons. The van der Waals surface area contributed by atoms with E-state index in [-0.39, 0.29) is 17.0 Å². The number of hydrogen-bond acceptors (Lipinski definition) is 0. The number of alkyl halides is 1. The standard InChI is InChI=1S/C14H31IN.BrH/c1-4-6-8-10-12-16(3,14-15)13-11-9-7-5-2;/h4-14H2,1-3H3;1H/q+1;/p-1. The maximum atomic E-state index is 2.56. The summed E-state index contributed by atoms with van der Waals surface area (Å²) in [6.07, 6.45) is 11.2. The van der Waals surface area contributed by atoms with Crippen molar-refractivity contribution in [1.29, 1.82) is 0 Å². The summed E-state index contributed by atoms with van der Waals surface area (Å²) >= 11 is 2.56. The highest BCUT2D eigenvalue weighted by molar-refractivity contribution is 14.1. The summed E-state index contributed by atoms with van der Waals surface area (Å²) in [6, 6.07) is 0. The van der Waals surface area contributed by atoms with E-state index in [0.29, 0.717) is 0 Å². The van der Waals surface area contributed by atoms with Crippen LogP contribution in [0, 0.1) is 0 Å². The van der Waals surface area contributed by atoms with Crippen LogP contribution in [-0.4, -0.2) is 29.2 Å². The molecule has 0 aliphatic carbocycles. The Kier molecular flexibility index (Phi) is 16.4. The number of quaternary nitrogens is 1. The number of unbranched alkanes of at least 4 members (excludes halogenated alkanes) is 6. The van der Waals surface area contributed by atoms with Crippen LogP contribution in [0.2, 0.25) is 0 Å². The van der Waals surface area contributed by atoms with Crippen molar-refractivity contribution >= 4 is 22.6 Å². The van der Waals surface area contributed by atoms with Crippen LogP contribution in [0.25, 0.3) is 0 Å². The van der Waals surface area contributed by atoms with Gasteiger partial charge in [-0.2, -0.15) is 0 Å². The second kappa shape index (κ2) is 13.6. The van der Waals surface area contributed by atoms with Crippen molar-refractivity contribution in [3.8, 4) is 0 Å². The normalized spacial score (nSPS) is 11.3. The maximum absolute atomic E-state index is 2.56. The highest BCUT2D eigenvalue weighted by atomic mass is 127. The van der Waals surface area contributed by atoms with Gasteiger partial charge >= 0.3 is 0 Å². The van der Waals surface area contributed by atoms with Gasteiger partial charge in [-0.3, -0.25) is 0 Å². The lowest BCUT2D eigenvalue weighted by molar-refractivity contribution is -0.894. The van der Waals surface area contributed by atoms with E-state index in [4.69, 9.17) is 0 Å². The van der Waals surface area contributed by atoms with E-state index in [1.54, 1.807) is 0 Å². The topological polar surface area (TPSA) is 0 Å². The lowest BCUT2D eigenvalue weighted by Gasteiger charge is -2.32. The van der Waals surface area contributed by atoms with Gasteiger partial charge in [0.2, 0.25) is 0 Å². The molecule has 0 bridgehead atoms. The quantitative estimate of drug-likeness (QED) is 0.158. The molecule has 0 aromatic heterocycles. The van der Waals surface area contributed by atoms with Gasteiger partial charge in [0.25, 0.3) is 0 Å². The zero-order valence-electron chi connectivity index (χ0n) is 12.0. The van der Waals surface area contributed by atoms with Crippen LogP contribution in [0.3, 0.4) is 0 Å². The Balaban J connectivity index is 0. The molecule has 0 rings (SSSR count). The summed E-state index contributed by atoms with van der Waals surface area (Å²) in [5, 5.41) is 0. The molecule has 0 aliphatic heterocycles. The molecule has 1 nitrogen and oxygen atoms in total. The minimum atomic E-state index is 0. The summed E-state index contributed by atoms with van der Waals surface area (Å²) in [7, 11) is 2.43. The molecule has 0 heterocycles. The van der Waals surface area contributed by atoms with Crippen LogP contribution in [0.15, 0.2) is 0 Å². The molecule has 3 heteroatoms. The maximum Gasteiger partial charge on any atom is 0.129 e. The molecule has 0 atom stereocenters. The number of halogens is 2. The Bertz CT molecular complexity index is 141. The first-order valence-corrected chi connectivity index (χ1v) is 8.60. The molecule has 0 saturated carbocycles. The van der Waals surface area contributed by atoms with E-state index in [1.807, 2.05) is 0 Å². The van der Waals surface area contributed by atoms with Gasteiger partial charge in [-0.25, -0.2) is 0 Å². The van der Waals surface area contributed by atoms with Gasteiger partial charge in [-0.05, 0) is 48.3 Å². The van der Waals surface area contributed by atoms with Crippen molar-refractivity contribution in [2.24, 2.45) is 0 Å². The summed E-state index contributed by atoms with van der Waals surface area (Å²) in [4.78, 5) is 0. The van der Waals surface area contributed by atoms with E-state index in [9.17, 15) is 0 Å². The van der Waals surface area contributed by atoms with E-state index >= 15 is 0 Å². The molecular weight excluding hydrogens is 389 g/mol. The fourth-order valence-electron chi connectivity index (χ4n) is 2.07. The number of nitrogens with zero attached hydrogens (tertiary/aromatic N) is 1. The highest BCUT2D eigenvalue weighted by Crippen LogP contribution is 2.13. The van der Waals surface area contributed by atoms with Crippen molar-refractivity contribution in [3.05, 3.63) is 0 Å². The SMILES string of the molecule is CCCCCC[N+](C)(CI)CCCCCC.[Br-]. The van der Waals surface area contributed by atoms with Gasteiger partial charge < -0.3 is 21.5 Å². The van der Waals surface area contributed by atoms with Crippen LogP contribution in [0.4, 0.5) is 0 Å². The summed E-state index contributed by atoms with van der Waals surface area (Å²) in [5.74, 6) is 0. The Hall–Kier alpha value is 1.17. The number of rotatable bonds is 11. The smallest absolute Gasteiger partial charge is 0.129 e. The average Bonchev–Trinajstić information content (AvgIpc) is 2.31. The van der Waals surface area contributed by atoms with Crippen LogP contribution in [0.5, 0.6) is 0 Å². The van der Waals surface area contributed by atoms with Crippen molar-refractivity contribution in [3.63, 3.8) is 0 Å². The highest BCUT2D eigenvalue weighted by Gasteiger charge is 2.18. The summed E-state index contributed by atoms with van der Waals surface area (Å²) in [5.41, 5.74) is 0. The van der Waals surface area contributed by atoms with Crippen LogP contribution < -0.4 is 17.0 Å². The van der Waals surface area contributed by atoms with E-state index in [2.05, 4.69) is 43.5 Å². The number of hydrogen-bond donors (Lipinski definition) is 0. The van der Waals surface area contributed by atoms with E-state index in [1.165, 1.54) is 73.5 Å². The Morgan fingerprint density at radius 2 is 1.18 bits per heavy atom. The lowest BCUT2D eigenvalue weighted by Crippen LogP contribution is -3.00. The molecule has 0 fully saturated rings. The largest absolute Gasteiger partial charge is 1.00 e. The first-order chi connectivity index (χ1) is 7.68. The lowest BCUT2D eigenvalue weighted by atomic mass is 10.1. The van der Waals surface area contributed by atoms with Gasteiger partial charge in [-0.1, -0.05) is 39.5 Å². The predicted molar refractivity (Wildman–Crippen MR) is 83.1 cm³/mol. The zero-order valence-corrected chi connectivity index (χ0v) is 15.7. The van der Waals surface area contributed by atoms with Crippen LogP contribution in [-0.2, 0) is 0 Å². The molecular formula is C14H31BrIN. The second-order valence-corrected chi connectivity index (χ2v) is 5.99. The first-order valence-electron chi connectivity index (χ1n) is 7.08. The molecule has 0 aliphatic rings. The molecule has 17 heavy (non-hydrogen) atoms. The zero-order chi connectivity index (χ0) is 12.3. The molecule has 0 unspecified atom stereocenters. The van der Waals surface area contributed by atoms with E-state index in [0.717, 1.165) is 0 Å². The fourth-order valence-corrected chi connectivity index (χ4v) is 2.75. The summed E-state index contributed by atoms with van der Waals surface area (Å²) < 4.78 is 2.56. The second-order valence-electron chi connectivity index (χ2n) is 5.31. The third kappa shape index (κ3) is 12.0. The first kappa shape index (κ1) is 20.5. The monoisotopic (exact) mass is 419 g/mol. The van der Waals surface area contributed by atoms with Crippen LogP contribution in [0.1, 0.15) is 65.2 Å². The van der Waals surface area contributed by atoms with Crippen molar-refractivity contribution in [1.82, 2.24) is 0 Å². The minimum absolute atomic E-state index is 0. The predicted octanol–water partition coefficient (Wildman–Crippen LogP) is 1.99. The fraction of sp³-hybridized carbons (Fsp3) is 1.00. The molecule has 0 aromatic carbocycles. The van der Waals surface area contributed by atoms with Gasteiger partial charge in [-0.15, -0.1) is 0 Å². The van der Waals surface area contributed by atoms with E-state index < -0.39 is 0 Å². The van der Waals surface area contributed by atoms with Crippen molar-refractivity contribution < 1.29 is 21.5 Å². The van der Waals surface area contributed by atoms with Crippen molar-refractivity contribution in [2.45, 2.75) is 65.2 Å². The van der Waals surface area contributed by atoms with Gasteiger partial charge in [0.1, 0.15) is 4.55 Å². The molecule has 0 N–H and O–H groups in total. The molecule has 0 aromatic rings. The molecule has 0 amide bonds. The van der Waals surface area contributed by atoms with Gasteiger partial charge in [0.15, 0.2) is 0 Å². The minimum Gasteiger partial charge on any atom is -1.00 e. The third-order valence-electron chi connectivity index (χ3n) is 3.39. The Morgan fingerprint density at radius 1 is 0.765 bits per heavy atom. The van der Waals surface area contributed by atoms with Crippen molar-refractivity contribution in [2.75, 3.05) is 24.7 Å². The van der Waals surface area contributed by atoms with Gasteiger partial charge in [0, 0.05) is 0 Å². The van der Waals surface area contributed by atoms with Crippen LogP contribution >= 0.6 is 22.6 Å². The summed E-state index contributed by atoms with van der Waals surface area (Å²) in [6.45, 7) is 7.35.